The maximum Gasteiger partial charge on any atom is 0.270 e. The summed E-state index contributed by atoms with van der Waals surface area (Å²) in [6, 6.07) is 16.2. The second-order valence-electron chi connectivity index (χ2n) is 5.73. The van der Waals surface area contributed by atoms with Gasteiger partial charge in [0, 0.05) is 11.1 Å². The predicted octanol–water partition coefficient (Wildman–Crippen LogP) is 3.71. The number of amides is 1. The van der Waals surface area contributed by atoms with Gasteiger partial charge < -0.3 is 10.2 Å². The molecule has 0 atom stereocenters. The monoisotopic (exact) mass is 329 g/mol. The van der Waals surface area contributed by atoms with Crippen molar-refractivity contribution in [1.82, 2.24) is 9.97 Å². The topological polar surface area (TPSA) is 82.0 Å². The summed E-state index contributed by atoms with van der Waals surface area (Å²) in [5, 5.41) is 3.42. The molecule has 0 radical (unpaired) electrons. The van der Waals surface area contributed by atoms with Crippen molar-refractivity contribution in [2.75, 3.05) is 0 Å². The van der Waals surface area contributed by atoms with E-state index >= 15 is 0 Å². The van der Waals surface area contributed by atoms with Gasteiger partial charge in [-0.2, -0.15) is 0 Å². The summed E-state index contributed by atoms with van der Waals surface area (Å²) in [6.07, 6.45) is 1.78. The van der Waals surface area contributed by atoms with Crippen molar-refractivity contribution >= 4 is 33.7 Å². The highest BCUT2D eigenvalue weighted by atomic mass is 16.4. The molecule has 0 saturated carbocycles. The maximum absolute atomic E-state index is 11.5. The van der Waals surface area contributed by atoms with Gasteiger partial charge in [0.15, 0.2) is 5.69 Å². The molecule has 0 aliphatic rings. The number of nitrogens with two attached hydrogens (primary N) is 1. The van der Waals surface area contributed by atoms with Gasteiger partial charge in [-0.1, -0.05) is 43.0 Å². The molecule has 0 saturated heterocycles. The van der Waals surface area contributed by atoms with Crippen molar-refractivity contribution in [2.45, 2.75) is 6.42 Å². The van der Waals surface area contributed by atoms with Crippen LogP contribution in [0.3, 0.4) is 0 Å². The lowest BCUT2D eigenvalue weighted by Crippen LogP contribution is -2.14. The van der Waals surface area contributed by atoms with Crippen LogP contribution in [0.25, 0.3) is 27.8 Å². The number of fused-ring (bicyclic) bond motifs is 3. The number of aromatic nitrogens is 2. The first kappa shape index (κ1) is 15.1. The molecule has 0 aliphatic carbocycles. The third-order valence-corrected chi connectivity index (χ3v) is 4.12. The molecule has 0 bridgehead atoms. The second-order valence-corrected chi connectivity index (χ2v) is 5.73. The average molecular weight is 329 g/mol. The summed E-state index contributed by atoms with van der Waals surface area (Å²) in [5.74, 6) is 0.0456. The Morgan fingerprint density at radius 2 is 1.92 bits per heavy atom. The lowest BCUT2D eigenvalue weighted by molar-refractivity contribution is 0.0994. The Balaban J connectivity index is 1.78. The molecule has 5 heteroatoms. The minimum absolute atomic E-state index is 0.121. The van der Waals surface area contributed by atoms with E-state index in [2.05, 4.69) is 23.7 Å². The largest absolute Gasteiger partial charge is 0.441 e. The standard InChI is InChI=1S/C20H15N3O2/c1-2-18-23-19(20(21)24)17(25-18)11-13-8-9-15-14-6-4-3-5-12(14)7-10-16(15)22-13/h2-10H,1,11H2,(H2,21,24). The average Bonchev–Trinajstić information content (AvgIpc) is 3.04. The van der Waals surface area contributed by atoms with Gasteiger partial charge in [-0.3, -0.25) is 9.78 Å². The molecule has 2 aromatic heterocycles. The Labute approximate surface area is 143 Å². The van der Waals surface area contributed by atoms with Crippen LogP contribution in [0.15, 0.2) is 59.5 Å². The Hall–Kier alpha value is -3.47. The molecular weight excluding hydrogens is 314 g/mol. The van der Waals surface area contributed by atoms with Crippen LogP contribution >= 0.6 is 0 Å². The van der Waals surface area contributed by atoms with Gasteiger partial charge in [0.2, 0.25) is 5.89 Å². The van der Waals surface area contributed by atoms with Gasteiger partial charge in [-0.05, 0) is 29.0 Å². The van der Waals surface area contributed by atoms with Gasteiger partial charge in [0.25, 0.3) is 5.91 Å². The molecule has 4 aromatic rings. The van der Waals surface area contributed by atoms with E-state index in [9.17, 15) is 4.79 Å². The van der Waals surface area contributed by atoms with Crippen LogP contribution in [0.2, 0.25) is 0 Å². The lowest BCUT2D eigenvalue weighted by atomic mass is 10.0. The zero-order valence-electron chi connectivity index (χ0n) is 13.4. The summed E-state index contributed by atoms with van der Waals surface area (Å²) < 4.78 is 5.54. The third kappa shape index (κ3) is 2.65. The molecule has 2 N–H and O–H groups in total. The highest BCUT2D eigenvalue weighted by Gasteiger charge is 2.17. The summed E-state index contributed by atoms with van der Waals surface area (Å²) >= 11 is 0. The molecule has 122 valence electrons. The highest BCUT2D eigenvalue weighted by Crippen LogP contribution is 2.25. The van der Waals surface area contributed by atoms with Crippen molar-refractivity contribution in [1.29, 1.82) is 0 Å². The Kier molecular flexibility index (Phi) is 3.54. The van der Waals surface area contributed by atoms with Crippen molar-refractivity contribution in [3.63, 3.8) is 0 Å². The summed E-state index contributed by atoms with van der Waals surface area (Å²) in [5.41, 5.74) is 7.16. The number of benzene rings is 2. The molecule has 25 heavy (non-hydrogen) atoms. The SMILES string of the molecule is C=Cc1nc(C(N)=O)c(Cc2ccc3c(ccc4ccccc43)n2)o1. The zero-order chi connectivity index (χ0) is 17.4. The molecule has 4 rings (SSSR count). The minimum atomic E-state index is -0.626. The normalized spacial score (nSPS) is 11.0. The number of primary amides is 1. The van der Waals surface area contributed by atoms with Crippen LogP contribution < -0.4 is 5.73 Å². The summed E-state index contributed by atoms with van der Waals surface area (Å²) in [4.78, 5) is 20.3. The summed E-state index contributed by atoms with van der Waals surface area (Å²) in [6.45, 7) is 3.60. The molecule has 0 unspecified atom stereocenters. The predicted molar refractivity (Wildman–Crippen MR) is 97.2 cm³/mol. The van der Waals surface area contributed by atoms with Crippen LogP contribution in [-0.4, -0.2) is 15.9 Å². The van der Waals surface area contributed by atoms with Crippen molar-refractivity contribution < 1.29 is 9.21 Å². The van der Waals surface area contributed by atoms with E-state index in [0.29, 0.717) is 12.2 Å². The Morgan fingerprint density at radius 3 is 2.72 bits per heavy atom. The molecule has 2 heterocycles. The molecule has 2 aromatic carbocycles. The van der Waals surface area contributed by atoms with E-state index < -0.39 is 5.91 Å². The van der Waals surface area contributed by atoms with Gasteiger partial charge in [-0.15, -0.1) is 0 Å². The van der Waals surface area contributed by atoms with E-state index in [1.54, 1.807) is 0 Å². The number of hydrogen-bond donors (Lipinski definition) is 1. The zero-order valence-corrected chi connectivity index (χ0v) is 13.4. The van der Waals surface area contributed by atoms with E-state index in [1.165, 1.54) is 11.5 Å². The van der Waals surface area contributed by atoms with Crippen molar-refractivity contribution in [2.24, 2.45) is 5.73 Å². The molecule has 5 nitrogen and oxygen atoms in total. The van der Waals surface area contributed by atoms with Crippen LogP contribution in [0.1, 0.15) is 27.8 Å². The highest BCUT2D eigenvalue weighted by molar-refractivity contribution is 6.06. The minimum Gasteiger partial charge on any atom is -0.441 e. The smallest absolute Gasteiger partial charge is 0.270 e. The fourth-order valence-electron chi connectivity index (χ4n) is 2.96. The Bertz CT molecular complexity index is 1130. The van der Waals surface area contributed by atoms with E-state index in [4.69, 9.17) is 15.1 Å². The number of carbonyl (C=O) groups excluding carboxylic acids is 1. The third-order valence-electron chi connectivity index (χ3n) is 4.12. The van der Waals surface area contributed by atoms with Crippen LogP contribution in [0.4, 0.5) is 0 Å². The van der Waals surface area contributed by atoms with Crippen LogP contribution in [0.5, 0.6) is 0 Å². The number of hydrogen-bond acceptors (Lipinski definition) is 4. The molecule has 0 spiro atoms. The first-order valence-electron chi connectivity index (χ1n) is 7.85. The van der Waals surface area contributed by atoms with Crippen molar-refractivity contribution in [3.8, 4) is 0 Å². The van der Waals surface area contributed by atoms with Gasteiger partial charge in [-0.25, -0.2) is 4.98 Å². The number of oxazole rings is 1. The number of carbonyl (C=O) groups is 1. The number of rotatable bonds is 4. The van der Waals surface area contributed by atoms with Gasteiger partial charge in [0.05, 0.1) is 11.9 Å². The molecule has 0 aliphatic heterocycles. The molecule has 0 fully saturated rings. The molecule has 1 amide bonds. The summed E-state index contributed by atoms with van der Waals surface area (Å²) in [7, 11) is 0. The first-order valence-corrected chi connectivity index (χ1v) is 7.85. The lowest BCUT2D eigenvalue weighted by Gasteiger charge is -2.05. The molecular formula is C20H15N3O2. The van der Waals surface area contributed by atoms with E-state index in [1.807, 2.05) is 36.4 Å². The Morgan fingerprint density at radius 1 is 1.08 bits per heavy atom. The van der Waals surface area contributed by atoms with Crippen LogP contribution in [0, 0.1) is 0 Å². The number of pyridine rings is 1. The van der Waals surface area contributed by atoms with E-state index in [-0.39, 0.29) is 11.6 Å². The second kappa shape index (κ2) is 5.87. The fraction of sp³-hybridized carbons (Fsp3) is 0.0500. The quantitative estimate of drug-likeness (QED) is 0.579. The maximum atomic E-state index is 11.5. The van der Waals surface area contributed by atoms with Crippen LogP contribution in [-0.2, 0) is 6.42 Å². The van der Waals surface area contributed by atoms with Gasteiger partial charge in [0.1, 0.15) is 5.76 Å². The van der Waals surface area contributed by atoms with Crippen molar-refractivity contribution in [3.05, 3.63) is 78.1 Å². The first-order chi connectivity index (χ1) is 12.2. The fourth-order valence-corrected chi connectivity index (χ4v) is 2.96. The van der Waals surface area contributed by atoms with E-state index in [0.717, 1.165) is 22.0 Å². The van der Waals surface area contributed by atoms with Gasteiger partial charge >= 0.3 is 0 Å². The number of nitrogens with zero attached hydrogens (tertiary/aromatic N) is 2.